The SMILES string of the molecule is CCN(CCOS(=O)(=O)O)c1ccc(N=Nc2ncn(C)n2)cc1.CCN(CCOS(=O)(=O)O)c1ccc(N=Nc2ncn(C)n2)cc1[N+](=O)[O-]. The average molecular weight is 754 g/mol. The van der Waals surface area contributed by atoms with Crippen molar-refractivity contribution in [3.63, 3.8) is 0 Å². The Labute approximate surface area is 292 Å². The number of benzene rings is 2. The molecule has 0 amide bonds. The van der Waals surface area contributed by atoms with Crippen molar-refractivity contribution in [2.24, 2.45) is 34.6 Å². The summed E-state index contributed by atoms with van der Waals surface area (Å²) in [6.07, 6.45) is 2.97. The van der Waals surface area contributed by atoms with Crippen molar-refractivity contribution < 1.29 is 39.2 Å². The molecule has 2 aromatic heterocycles. The van der Waals surface area contributed by atoms with Crippen molar-refractivity contribution >= 4 is 61.1 Å². The number of aromatic nitrogens is 6. The molecule has 4 rings (SSSR count). The molecule has 0 atom stereocenters. The maximum Gasteiger partial charge on any atom is 0.397 e. The summed E-state index contributed by atoms with van der Waals surface area (Å²) in [6, 6.07) is 11.4. The molecule has 0 saturated carbocycles. The molecule has 0 radical (unpaired) electrons. The molecule has 0 spiro atoms. The molecule has 51 heavy (non-hydrogen) atoms. The molecule has 23 nitrogen and oxygen atoms in total. The lowest BCUT2D eigenvalue weighted by molar-refractivity contribution is -0.384. The molecule has 2 aromatic carbocycles. The molecule has 0 unspecified atom stereocenters. The Morgan fingerprint density at radius 3 is 1.67 bits per heavy atom. The van der Waals surface area contributed by atoms with Crippen LogP contribution in [0.5, 0.6) is 0 Å². The minimum absolute atomic E-state index is 0.00977. The van der Waals surface area contributed by atoms with Crippen LogP contribution in [-0.2, 0) is 43.3 Å². The van der Waals surface area contributed by atoms with E-state index in [2.05, 4.69) is 49.0 Å². The lowest BCUT2D eigenvalue weighted by Gasteiger charge is -2.22. The molecule has 4 aromatic rings. The van der Waals surface area contributed by atoms with Crippen LogP contribution in [0.15, 0.2) is 75.6 Å². The number of likely N-dealkylation sites (N-methyl/N-ethyl adjacent to an activating group) is 2. The average Bonchev–Trinajstić information content (AvgIpc) is 3.69. The molecular formula is C26H35N13O10S2. The second-order valence-corrected chi connectivity index (χ2v) is 12.1. The zero-order chi connectivity index (χ0) is 37.6. The zero-order valence-electron chi connectivity index (χ0n) is 27.7. The van der Waals surface area contributed by atoms with Crippen LogP contribution in [0.25, 0.3) is 0 Å². The molecule has 0 aliphatic heterocycles. The van der Waals surface area contributed by atoms with Gasteiger partial charge in [0.15, 0.2) is 0 Å². The first-order valence-electron chi connectivity index (χ1n) is 14.7. The highest BCUT2D eigenvalue weighted by Gasteiger charge is 2.20. The zero-order valence-corrected chi connectivity index (χ0v) is 29.4. The van der Waals surface area contributed by atoms with E-state index in [4.69, 9.17) is 9.11 Å². The van der Waals surface area contributed by atoms with E-state index in [-0.39, 0.29) is 48.7 Å². The fourth-order valence-corrected chi connectivity index (χ4v) is 4.66. The van der Waals surface area contributed by atoms with Crippen LogP contribution in [0.1, 0.15) is 13.8 Å². The summed E-state index contributed by atoms with van der Waals surface area (Å²) in [6.45, 7) is 4.47. The quantitative estimate of drug-likeness (QED) is 0.0673. The Kier molecular flexibility index (Phi) is 14.6. The van der Waals surface area contributed by atoms with Crippen molar-refractivity contribution in [3.8, 4) is 0 Å². The van der Waals surface area contributed by atoms with Gasteiger partial charge in [0.05, 0.1) is 29.5 Å². The molecule has 0 saturated heterocycles. The molecule has 0 fully saturated rings. The predicted molar refractivity (Wildman–Crippen MR) is 181 cm³/mol. The van der Waals surface area contributed by atoms with Crippen LogP contribution >= 0.6 is 0 Å². The highest BCUT2D eigenvalue weighted by molar-refractivity contribution is 7.81. The third-order valence-electron chi connectivity index (χ3n) is 6.35. The number of rotatable bonds is 17. The van der Waals surface area contributed by atoms with Gasteiger partial charge in [-0.05, 0) is 50.2 Å². The van der Waals surface area contributed by atoms with E-state index in [1.165, 1.54) is 45.1 Å². The van der Waals surface area contributed by atoms with Gasteiger partial charge in [-0.25, -0.2) is 8.37 Å². The maximum atomic E-state index is 11.4. The summed E-state index contributed by atoms with van der Waals surface area (Å²) in [4.78, 5) is 22.1. The fraction of sp³-hybridized carbons (Fsp3) is 0.385. The first-order chi connectivity index (χ1) is 24.1. The Morgan fingerprint density at radius 1 is 0.765 bits per heavy atom. The number of nitro groups is 1. The summed E-state index contributed by atoms with van der Waals surface area (Å²) in [7, 11) is -5.59. The summed E-state index contributed by atoms with van der Waals surface area (Å²) >= 11 is 0. The number of nitro benzene ring substituents is 1. The number of aryl methyl sites for hydroxylation is 2. The first-order valence-corrected chi connectivity index (χ1v) is 17.5. The number of hydrogen-bond donors (Lipinski definition) is 2. The smallest absolute Gasteiger partial charge is 0.369 e. The van der Waals surface area contributed by atoms with Crippen LogP contribution in [0.3, 0.4) is 0 Å². The number of nitrogens with zero attached hydrogens (tertiary/aromatic N) is 13. The van der Waals surface area contributed by atoms with Crippen molar-refractivity contribution in [1.82, 2.24) is 29.5 Å². The summed E-state index contributed by atoms with van der Waals surface area (Å²) in [5, 5.41) is 35.0. The van der Waals surface area contributed by atoms with Crippen molar-refractivity contribution in [2.75, 3.05) is 49.2 Å². The van der Waals surface area contributed by atoms with Gasteiger partial charge in [-0.15, -0.1) is 30.7 Å². The highest BCUT2D eigenvalue weighted by atomic mass is 32.3. The molecule has 0 aliphatic rings. The van der Waals surface area contributed by atoms with Gasteiger partial charge in [-0.1, -0.05) is 0 Å². The summed E-state index contributed by atoms with van der Waals surface area (Å²) in [5.74, 6) is 0.390. The molecular weight excluding hydrogens is 719 g/mol. The van der Waals surface area contributed by atoms with Gasteiger partial charge in [-0.2, -0.15) is 26.8 Å². The Hall–Kier alpha value is -5.34. The Balaban J connectivity index is 0.000000277. The molecule has 25 heteroatoms. The summed E-state index contributed by atoms with van der Waals surface area (Å²) < 4.78 is 71.1. The Bertz CT molecular complexity index is 2020. The van der Waals surface area contributed by atoms with E-state index in [9.17, 15) is 26.9 Å². The monoisotopic (exact) mass is 753 g/mol. The maximum absolute atomic E-state index is 11.4. The van der Waals surface area contributed by atoms with Gasteiger partial charge in [0.1, 0.15) is 18.3 Å². The van der Waals surface area contributed by atoms with Crippen LogP contribution in [0.4, 0.5) is 40.3 Å². The first kappa shape index (κ1) is 40.1. The second kappa shape index (κ2) is 18.6. The predicted octanol–water partition coefficient (Wildman–Crippen LogP) is 3.66. The van der Waals surface area contributed by atoms with E-state index < -0.39 is 25.7 Å². The van der Waals surface area contributed by atoms with E-state index >= 15 is 0 Å². The van der Waals surface area contributed by atoms with Gasteiger partial charge >= 0.3 is 20.8 Å². The number of anilines is 2. The third-order valence-corrected chi connectivity index (χ3v) is 7.28. The van der Waals surface area contributed by atoms with Crippen LogP contribution < -0.4 is 9.80 Å². The minimum atomic E-state index is -4.58. The number of hydrogen-bond acceptors (Lipinski definition) is 18. The Morgan fingerprint density at radius 2 is 1.24 bits per heavy atom. The van der Waals surface area contributed by atoms with Crippen LogP contribution in [0, 0.1) is 10.1 Å². The fourth-order valence-electron chi connectivity index (χ4n) is 4.09. The van der Waals surface area contributed by atoms with Crippen molar-refractivity contribution in [1.29, 1.82) is 0 Å². The van der Waals surface area contributed by atoms with E-state index in [0.717, 1.165) is 5.69 Å². The van der Waals surface area contributed by atoms with Crippen molar-refractivity contribution in [3.05, 3.63) is 65.2 Å². The van der Waals surface area contributed by atoms with Crippen molar-refractivity contribution in [2.45, 2.75) is 13.8 Å². The largest absolute Gasteiger partial charge is 0.397 e. The van der Waals surface area contributed by atoms with E-state index in [1.54, 1.807) is 33.2 Å². The van der Waals surface area contributed by atoms with E-state index in [1.807, 2.05) is 24.0 Å². The molecule has 0 aliphatic carbocycles. The third kappa shape index (κ3) is 14.2. The van der Waals surface area contributed by atoms with Gasteiger partial charge in [0.25, 0.3) is 17.6 Å². The highest BCUT2D eigenvalue weighted by Crippen LogP contribution is 2.32. The van der Waals surface area contributed by atoms with Gasteiger partial charge in [0.2, 0.25) is 0 Å². The van der Waals surface area contributed by atoms with Crippen LogP contribution in [-0.4, -0.2) is 99.8 Å². The van der Waals surface area contributed by atoms with Gasteiger partial charge in [0, 0.05) is 52.0 Å². The van der Waals surface area contributed by atoms with Gasteiger partial charge < -0.3 is 9.80 Å². The lowest BCUT2D eigenvalue weighted by Crippen LogP contribution is -2.28. The minimum Gasteiger partial charge on any atom is -0.369 e. The van der Waals surface area contributed by atoms with Crippen LogP contribution in [0.2, 0.25) is 0 Å². The molecule has 276 valence electrons. The standard InChI is InChI=1S/C13H17N7O6S.C13H18N6O4S/c1-3-19(6-7-26-27(23,24)25)11-5-4-10(8-12(11)20(21)22)15-16-13-14-9-18(2)17-13;1-3-19(8-9-23-24(20,21)22)12-6-4-11(5-7-12)15-16-13-14-10-18(2)17-13/h4-5,8-9H,3,6-7H2,1-2H3,(H,23,24,25);4-7,10H,3,8-9H2,1-2H3,(H,20,21,22). The number of azo groups is 2. The normalized spacial score (nSPS) is 11.9. The second-order valence-electron chi connectivity index (χ2n) is 9.94. The molecule has 2 N–H and O–H groups in total. The summed E-state index contributed by atoms with van der Waals surface area (Å²) in [5.41, 5.74) is 1.73. The van der Waals surface area contributed by atoms with Gasteiger partial charge in [-0.3, -0.25) is 28.6 Å². The topological polar surface area (TPSA) is 288 Å². The molecule has 2 heterocycles. The van der Waals surface area contributed by atoms with E-state index in [0.29, 0.717) is 25.3 Å². The molecule has 0 bridgehead atoms. The lowest BCUT2D eigenvalue weighted by atomic mass is 10.2.